The fraction of sp³-hybridized carbons (Fsp3) is 0.136. The molecule has 0 saturated heterocycles. The first-order valence-electron chi connectivity index (χ1n) is 8.56. The molecule has 0 heterocycles. The number of aryl methyl sites for hydroxylation is 3. The third-order valence-corrected chi connectivity index (χ3v) is 5.37. The molecular weight excluding hydrogens is 358 g/mol. The van der Waals surface area contributed by atoms with Crippen LogP contribution in [0.5, 0.6) is 5.75 Å². The third-order valence-electron chi connectivity index (χ3n) is 4.11. The standard InChI is InChI=1S/C22H21NO3S/c1-16-5-12-21(13-6-16)27(24,25)26-20-10-8-19(9-11-20)15-23-22-14-17(2)4-7-18(22)3/h4-15H,1-3H3. The van der Waals surface area contributed by atoms with E-state index in [0.29, 0.717) is 0 Å². The lowest BCUT2D eigenvalue weighted by Crippen LogP contribution is -2.09. The normalized spacial score (nSPS) is 11.7. The average molecular weight is 379 g/mol. The van der Waals surface area contributed by atoms with Crippen molar-refractivity contribution in [3.63, 3.8) is 0 Å². The van der Waals surface area contributed by atoms with Crippen molar-refractivity contribution >= 4 is 22.0 Å². The van der Waals surface area contributed by atoms with Gasteiger partial charge in [0.25, 0.3) is 0 Å². The summed E-state index contributed by atoms with van der Waals surface area (Å²) in [4.78, 5) is 4.65. The maximum atomic E-state index is 12.3. The van der Waals surface area contributed by atoms with Crippen LogP contribution < -0.4 is 4.18 Å². The summed E-state index contributed by atoms with van der Waals surface area (Å²) in [7, 11) is -3.84. The van der Waals surface area contributed by atoms with E-state index in [9.17, 15) is 8.42 Å². The summed E-state index contributed by atoms with van der Waals surface area (Å²) in [6.07, 6.45) is 1.75. The molecule has 138 valence electrons. The van der Waals surface area contributed by atoms with Crippen molar-refractivity contribution in [1.29, 1.82) is 0 Å². The summed E-state index contributed by atoms with van der Waals surface area (Å²) in [6, 6.07) is 19.5. The largest absolute Gasteiger partial charge is 0.379 e. The van der Waals surface area contributed by atoms with E-state index in [4.69, 9.17) is 4.18 Å². The molecule has 3 aromatic rings. The monoisotopic (exact) mass is 379 g/mol. The van der Waals surface area contributed by atoms with E-state index in [1.165, 1.54) is 12.1 Å². The highest BCUT2D eigenvalue weighted by Gasteiger charge is 2.16. The van der Waals surface area contributed by atoms with Crippen LogP contribution in [0.15, 0.2) is 76.6 Å². The van der Waals surface area contributed by atoms with Gasteiger partial charge in [-0.15, -0.1) is 0 Å². The molecule has 27 heavy (non-hydrogen) atoms. The first-order valence-corrected chi connectivity index (χ1v) is 9.97. The Labute approximate surface area is 160 Å². The number of aliphatic imine (C=N–C) groups is 1. The van der Waals surface area contributed by atoms with Gasteiger partial charge in [0.05, 0.1) is 5.69 Å². The molecule has 0 aliphatic heterocycles. The zero-order chi connectivity index (χ0) is 19.4. The van der Waals surface area contributed by atoms with Crippen LogP contribution in [0.4, 0.5) is 5.69 Å². The van der Waals surface area contributed by atoms with E-state index in [2.05, 4.69) is 11.1 Å². The van der Waals surface area contributed by atoms with Crippen molar-refractivity contribution < 1.29 is 12.6 Å². The highest BCUT2D eigenvalue weighted by atomic mass is 32.2. The lowest BCUT2D eigenvalue weighted by Gasteiger charge is -2.07. The van der Waals surface area contributed by atoms with Crippen LogP contribution in [0, 0.1) is 20.8 Å². The molecule has 3 rings (SSSR count). The van der Waals surface area contributed by atoms with E-state index < -0.39 is 10.1 Å². The predicted molar refractivity (Wildman–Crippen MR) is 109 cm³/mol. The van der Waals surface area contributed by atoms with Crippen LogP contribution >= 0.6 is 0 Å². The molecule has 4 nitrogen and oxygen atoms in total. The van der Waals surface area contributed by atoms with Gasteiger partial charge in [0.15, 0.2) is 0 Å². The van der Waals surface area contributed by atoms with Crippen molar-refractivity contribution in [2.24, 2.45) is 4.99 Å². The van der Waals surface area contributed by atoms with Gasteiger partial charge in [-0.3, -0.25) is 4.99 Å². The number of rotatable bonds is 5. The zero-order valence-electron chi connectivity index (χ0n) is 15.5. The van der Waals surface area contributed by atoms with Crippen molar-refractivity contribution in [2.45, 2.75) is 25.7 Å². The Hall–Kier alpha value is -2.92. The summed E-state index contributed by atoms with van der Waals surface area (Å²) in [5.41, 5.74) is 5.01. The molecule has 0 unspecified atom stereocenters. The Balaban J connectivity index is 1.74. The maximum absolute atomic E-state index is 12.3. The van der Waals surface area contributed by atoms with Crippen molar-refractivity contribution in [1.82, 2.24) is 0 Å². The summed E-state index contributed by atoms with van der Waals surface area (Å²) in [6.45, 7) is 5.94. The Morgan fingerprint density at radius 1 is 0.815 bits per heavy atom. The van der Waals surface area contributed by atoms with Gasteiger partial charge in [0.1, 0.15) is 10.6 Å². The molecule has 0 aliphatic carbocycles. The van der Waals surface area contributed by atoms with Crippen LogP contribution in [0.25, 0.3) is 0 Å². The molecule has 3 aromatic carbocycles. The number of nitrogens with zero attached hydrogens (tertiary/aromatic N) is 1. The molecule has 0 aliphatic rings. The Kier molecular flexibility index (Phi) is 5.42. The fourth-order valence-corrected chi connectivity index (χ4v) is 3.42. The minimum atomic E-state index is -3.84. The van der Waals surface area contributed by atoms with Gasteiger partial charge in [-0.05, 0) is 79.9 Å². The molecule has 0 radical (unpaired) electrons. The Morgan fingerprint density at radius 2 is 1.44 bits per heavy atom. The lowest BCUT2D eigenvalue weighted by atomic mass is 10.1. The third kappa shape index (κ3) is 4.83. The van der Waals surface area contributed by atoms with Gasteiger partial charge in [-0.1, -0.05) is 29.8 Å². The van der Waals surface area contributed by atoms with Crippen LogP contribution in [-0.2, 0) is 10.1 Å². The molecular formula is C22H21NO3S. The summed E-state index contributed by atoms with van der Waals surface area (Å²) in [5, 5.41) is 0. The molecule has 0 fully saturated rings. The molecule has 0 amide bonds. The second kappa shape index (κ2) is 7.76. The van der Waals surface area contributed by atoms with Gasteiger partial charge in [-0.25, -0.2) is 0 Å². The van der Waals surface area contributed by atoms with Gasteiger partial charge >= 0.3 is 10.1 Å². The zero-order valence-corrected chi connectivity index (χ0v) is 16.3. The maximum Gasteiger partial charge on any atom is 0.339 e. The first kappa shape index (κ1) is 18.9. The fourth-order valence-electron chi connectivity index (χ4n) is 2.49. The number of hydrogen-bond acceptors (Lipinski definition) is 4. The molecule has 0 saturated carbocycles. The van der Waals surface area contributed by atoms with Crippen LogP contribution in [-0.4, -0.2) is 14.6 Å². The lowest BCUT2D eigenvalue weighted by molar-refractivity contribution is 0.486. The Morgan fingerprint density at radius 3 is 2.11 bits per heavy atom. The first-order chi connectivity index (χ1) is 12.8. The average Bonchev–Trinajstić information content (AvgIpc) is 2.64. The Bertz CT molecular complexity index is 1070. The number of benzene rings is 3. The van der Waals surface area contributed by atoms with Crippen molar-refractivity contribution in [2.75, 3.05) is 0 Å². The van der Waals surface area contributed by atoms with Crippen LogP contribution in [0.2, 0.25) is 0 Å². The molecule has 5 heteroatoms. The molecule has 0 atom stereocenters. The molecule has 0 bridgehead atoms. The minimum Gasteiger partial charge on any atom is -0.379 e. The van der Waals surface area contributed by atoms with E-state index in [0.717, 1.165) is 27.9 Å². The van der Waals surface area contributed by atoms with E-state index in [1.54, 1.807) is 42.6 Å². The molecule has 0 aromatic heterocycles. The summed E-state index contributed by atoms with van der Waals surface area (Å²) in [5.74, 6) is 0.263. The van der Waals surface area contributed by atoms with E-state index in [-0.39, 0.29) is 10.6 Å². The quantitative estimate of drug-likeness (QED) is 0.456. The van der Waals surface area contributed by atoms with Gasteiger partial charge in [-0.2, -0.15) is 8.42 Å². The summed E-state index contributed by atoms with van der Waals surface area (Å²) >= 11 is 0. The number of hydrogen-bond donors (Lipinski definition) is 0. The highest BCUT2D eigenvalue weighted by Crippen LogP contribution is 2.21. The minimum absolute atomic E-state index is 0.133. The topological polar surface area (TPSA) is 55.7 Å². The summed E-state index contributed by atoms with van der Waals surface area (Å²) < 4.78 is 29.9. The second-order valence-electron chi connectivity index (χ2n) is 6.47. The second-order valence-corrected chi connectivity index (χ2v) is 8.01. The highest BCUT2D eigenvalue weighted by molar-refractivity contribution is 7.87. The molecule has 0 spiro atoms. The molecule has 0 N–H and O–H groups in total. The van der Waals surface area contributed by atoms with Crippen molar-refractivity contribution in [3.05, 3.63) is 89.0 Å². The predicted octanol–water partition coefficient (Wildman–Crippen LogP) is 5.13. The van der Waals surface area contributed by atoms with E-state index >= 15 is 0 Å². The van der Waals surface area contributed by atoms with Gasteiger partial charge in [0.2, 0.25) is 0 Å². The van der Waals surface area contributed by atoms with Gasteiger partial charge < -0.3 is 4.18 Å². The van der Waals surface area contributed by atoms with E-state index in [1.807, 2.05) is 32.9 Å². The smallest absolute Gasteiger partial charge is 0.339 e. The van der Waals surface area contributed by atoms with Gasteiger partial charge in [0, 0.05) is 6.21 Å². The van der Waals surface area contributed by atoms with Crippen LogP contribution in [0.3, 0.4) is 0 Å². The SMILES string of the molecule is Cc1ccc(S(=O)(=O)Oc2ccc(C=Nc3cc(C)ccc3C)cc2)cc1. The van der Waals surface area contributed by atoms with Crippen molar-refractivity contribution in [3.8, 4) is 5.75 Å². The van der Waals surface area contributed by atoms with Crippen LogP contribution in [0.1, 0.15) is 22.3 Å².